The molecule has 0 atom stereocenters. The molecule has 0 bridgehead atoms. The number of amides is 1. The highest BCUT2D eigenvalue weighted by Gasteiger charge is 2.16. The molecule has 0 spiro atoms. The molecule has 34 heavy (non-hydrogen) atoms. The van der Waals surface area contributed by atoms with E-state index in [1.165, 1.54) is 16.8 Å². The van der Waals surface area contributed by atoms with Crippen LogP contribution >= 0.6 is 11.6 Å². The maximum atomic E-state index is 12.8. The van der Waals surface area contributed by atoms with Gasteiger partial charge >= 0.3 is 0 Å². The lowest BCUT2D eigenvalue weighted by atomic mass is 10.1. The minimum atomic E-state index is -0.234. The summed E-state index contributed by atoms with van der Waals surface area (Å²) in [5, 5.41) is 4.05. The van der Waals surface area contributed by atoms with Gasteiger partial charge in [0.25, 0.3) is 5.91 Å². The average Bonchev–Trinajstić information content (AvgIpc) is 3.40. The minimum Gasteiger partial charge on any atom is -0.457 e. The van der Waals surface area contributed by atoms with Crippen LogP contribution in [0.2, 0.25) is 0 Å². The summed E-state index contributed by atoms with van der Waals surface area (Å²) in [7, 11) is 0. The van der Waals surface area contributed by atoms with Crippen molar-refractivity contribution >= 4 is 34.1 Å². The highest BCUT2D eigenvalue weighted by atomic mass is 35.5. The fraction of sp³-hybridized carbons (Fsp3) is 0.222. The molecular formula is C27H25ClN2O4. The van der Waals surface area contributed by atoms with E-state index in [0.29, 0.717) is 34.4 Å². The zero-order chi connectivity index (χ0) is 23.7. The van der Waals surface area contributed by atoms with Crippen molar-refractivity contribution in [3.8, 4) is 23.0 Å². The number of halogens is 1. The van der Waals surface area contributed by atoms with Gasteiger partial charge in [-0.25, -0.2) is 0 Å². The van der Waals surface area contributed by atoms with E-state index in [2.05, 4.69) is 29.8 Å². The first-order valence-corrected chi connectivity index (χ1v) is 11.7. The van der Waals surface area contributed by atoms with E-state index in [1.807, 2.05) is 18.2 Å². The summed E-state index contributed by atoms with van der Waals surface area (Å²) in [6.07, 6.45) is 0.922. The maximum Gasteiger partial charge on any atom is 0.255 e. The number of benzene rings is 3. The Labute approximate surface area is 203 Å². The third kappa shape index (κ3) is 4.29. The highest BCUT2D eigenvalue weighted by molar-refractivity contribution is 6.17. The average molecular weight is 477 g/mol. The molecule has 4 aromatic rings. The minimum absolute atomic E-state index is 0.190. The standard InChI is InChI=1S/C27H25ClN2O4/c1-17-18(2)30(12-4-11-28)24-9-8-22(15-23(17)24)34-21-6-3-5-19(13-21)27(31)29-20-7-10-25-26(14-20)33-16-32-25/h3,5-10,13-15H,4,11-12,16H2,1-2H3,(H,29,31). The fourth-order valence-corrected chi connectivity index (χ4v) is 4.33. The Morgan fingerprint density at radius 2 is 1.85 bits per heavy atom. The van der Waals surface area contributed by atoms with Crippen LogP contribution in [-0.2, 0) is 6.54 Å². The van der Waals surface area contributed by atoms with Crippen molar-refractivity contribution in [1.29, 1.82) is 0 Å². The second kappa shape index (κ2) is 9.31. The van der Waals surface area contributed by atoms with E-state index < -0.39 is 0 Å². The van der Waals surface area contributed by atoms with Crippen molar-refractivity contribution in [2.24, 2.45) is 0 Å². The van der Waals surface area contributed by atoms with Gasteiger partial charge in [0.1, 0.15) is 11.5 Å². The molecule has 7 heteroatoms. The summed E-state index contributed by atoms with van der Waals surface area (Å²) >= 11 is 5.91. The fourth-order valence-electron chi connectivity index (χ4n) is 4.21. The monoisotopic (exact) mass is 476 g/mol. The maximum absolute atomic E-state index is 12.8. The van der Waals surface area contributed by atoms with Crippen molar-refractivity contribution in [2.75, 3.05) is 18.0 Å². The normalized spacial score (nSPS) is 12.2. The van der Waals surface area contributed by atoms with Crippen LogP contribution in [0.5, 0.6) is 23.0 Å². The number of rotatable bonds is 7. The molecule has 3 aromatic carbocycles. The van der Waals surface area contributed by atoms with Crippen molar-refractivity contribution in [2.45, 2.75) is 26.8 Å². The molecule has 6 nitrogen and oxygen atoms in total. The summed E-state index contributed by atoms with van der Waals surface area (Å²) in [5.74, 6) is 3.00. The van der Waals surface area contributed by atoms with E-state index in [1.54, 1.807) is 36.4 Å². The number of aryl methyl sites for hydroxylation is 2. The Hall–Kier alpha value is -3.64. The van der Waals surface area contributed by atoms with E-state index in [-0.39, 0.29) is 12.7 Å². The van der Waals surface area contributed by atoms with Crippen molar-refractivity contribution in [3.63, 3.8) is 0 Å². The van der Waals surface area contributed by atoms with Crippen molar-refractivity contribution < 1.29 is 19.0 Å². The molecule has 1 aliphatic heterocycles. The van der Waals surface area contributed by atoms with Gasteiger partial charge in [-0.1, -0.05) is 6.07 Å². The lowest BCUT2D eigenvalue weighted by Crippen LogP contribution is -2.11. The number of nitrogens with zero attached hydrogens (tertiary/aromatic N) is 1. The Balaban J connectivity index is 1.34. The molecule has 1 amide bonds. The Morgan fingerprint density at radius 1 is 1.03 bits per heavy atom. The number of ether oxygens (including phenoxy) is 3. The predicted octanol–water partition coefficient (Wildman–Crippen LogP) is 6.66. The van der Waals surface area contributed by atoms with E-state index in [4.69, 9.17) is 25.8 Å². The molecule has 0 saturated carbocycles. The second-order valence-corrected chi connectivity index (χ2v) is 8.61. The van der Waals surface area contributed by atoms with Crippen LogP contribution in [-0.4, -0.2) is 23.1 Å². The zero-order valence-electron chi connectivity index (χ0n) is 19.1. The largest absolute Gasteiger partial charge is 0.457 e. The van der Waals surface area contributed by atoms with E-state index in [0.717, 1.165) is 24.1 Å². The third-order valence-electron chi connectivity index (χ3n) is 6.09. The molecule has 1 aliphatic rings. The van der Waals surface area contributed by atoms with Crippen molar-refractivity contribution in [1.82, 2.24) is 4.57 Å². The van der Waals surface area contributed by atoms with Gasteiger partial charge in [0, 0.05) is 46.3 Å². The topological polar surface area (TPSA) is 61.7 Å². The molecule has 174 valence electrons. The summed E-state index contributed by atoms with van der Waals surface area (Å²) in [6.45, 7) is 5.33. The van der Waals surface area contributed by atoms with Gasteiger partial charge in [0.05, 0.1) is 0 Å². The molecule has 0 saturated heterocycles. The molecular weight excluding hydrogens is 452 g/mol. The highest BCUT2D eigenvalue weighted by Crippen LogP contribution is 2.35. The lowest BCUT2D eigenvalue weighted by molar-refractivity contribution is 0.102. The number of carbonyl (C=O) groups is 1. The van der Waals surface area contributed by atoms with Gasteiger partial charge < -0.3 is 24.1 Å². The van der Waals surface area contributed by atoms with Gasteiger partial charge in [0.15, 0.2) is 11.5 Å². The quantitative estimate of drug-likeness (QED) is 0.303. The Kier molecular flexibility index (Phi) is 6.07. The molecule has 0 aliphatic carbocycles. The van der Waals surface area contributed by atoms with Crippen LogP contribution in [0.4, 0.5) is 5.69 Å². The third-order valence-corrected chi connectivity index (χ3v) is 6.36. The van der Waals surface area contributed by atoms with E-state index in [9.17, 15) is 4.79 Å². The Bertz CT molecular complexity index is 1380. The SMILES string of the molecule is Cc1c(C)n(CCCCl)c2ccc(Oc3cccc(C(=O)Nc4ccc5c(c4)OCO5)c3)cc12. The molecule has 0 radical (unpaired) electrons. The number of carbonyl (C=O) groups excluding carboxylic acids is 1. The van der Waals surface area contributed by atoms with Gasteiger partial charge in [-0.2, -0.15) is 0 Å². The molecule has 0 unspecified atom stereocenters. The Morgan fingerprint density at radius 3 is 2.71 bits per heavy atom. The van der Waals surface area contributed by atoms with Crippen LogP contribution in [0.15, 0.2) is 60.7 Å². The molecule has 5 rings (SSSR count). The van der Waals surface area contributed by atoms with Crippen LogP contribution in [0.25, 0.3) is 10.9 Å². The molecule has 2 heterocycles. The second-order valence-electron chi connectivity index (χ2n) is 8.24. The molecule has 0 fully saturated rings. The van der Waals surface area contributed by atoms with Crippen molar-refractivity contribution in [3.05, 3.63) is 77.5 Å². The number of aromatic nitrogens is 1. The first kappa shape index (κ1) is 22.2. The van der Waals surface area contributed by atoms with Crippen LogP contribution in [0, 0.1) is 13.8 Å². The van der Waals surface area contributed by atoms with Gasteiger partial charge in [0.2, 0.25) is 6.79 Å². The van der Waals surface area contributed by atoms with Gasteiger partial charge in [-0.3, -0.25) is 4.79 Å². The molecule has 1 aromatic heterocycles. The van der Waals surface area contributed by atoms with Crippen LogP contribution < -0.4 is 19.5 Å². The number of anilines is 1. The number of hydrogen-bond donors (Lipinski definition) is 1. The summed E-state index contributed by atoms with van der Waals surface area (Å²) in [5.41, 5.74) is 4.77. The number of fused-ring (bicyclic) bond motifs is 2. The molecule has 1 N–H and O–H groups in total. The van der Waals surface area contributed by atoms with E-state index >= 15 is 0 Å². The van der Waals surface area contributed by atoms with Crippen LogP contribution in [0.3, 0.4) is 0 Å². The zero-order valence-corrected chi connectivity index (χ0v) is 19.8. The summed E-state index contributed by atoms with van der Waals surface area (Å²) < 4.78 is 19.1. The number of alkyl halides is 1. The lowest BCUT2D eigenvalue weighted by Gasteiger charge is -2.10. The van der Waals surface area contributed by atoms with Crippen LogP contribution in [0.1, 0.15) is 28.0 Å². The number of hydrogen-bond acceptors (Lipinski definition) is 4. The smallest absolute Gasteiger partial charge is 0.255 e. The predicted molar refractivity (Wildman–Crippen MR) is 134 cm³/mol. The summed E-state index contributed by atoms with van der Waals surface area (Å²) in [6, 6.07) is 18.5. The first-order chi connectivity index (χ1) is 16.5. The first-order valence-electron chi connectivity index (χ1n) is 11.2. The summed E-state index contributed by atoms with van der Waals surface area (Å²) in [4.78, 5) is 12.8. The van der Waals surface area contributed by atoms with Gasteiger partial charge in [-0.05, 0) is 74.4 Å². The number of nitrogens with one attached hydrogen (secondary N) is 1. The van der Waals surface area contributed by atoms with Gasteiger partial charge in [-0.15, -0.1) is 11.6 Å².